The second-order valence-corrected chi connectivity index (χ2v) is 21.8. The zero-order chi connectivity index (χ0) is 39.0. The van der Waals surface area contributed by atoms with Crippen molar-refractivity contribution >= 4 is 24.7 Å². The maximum Gasteiger partial charge on any atom is 0.259 e. The summed E-state index contributed by atoms with van der Waals surface area (Å²) in [6.45, 7) is 27.9. The van der Waals surface area contributed by atoms with Crippen LogP contribution in [-0.4, -0.2) is 91.2 Å². The van der Waals surface area contributed by atoms with Crippen LogP contribution in [0.1, 0.15) is 65.2 Å². The summed E-state index contributed by atoms with van der Waals surface area (Å²) in [7, 11) is 1.58. The standard InChI is InChI=1S/C41H60BN2O7PSi/c1-29(2)44(30(3)4)52(47-27-26-43-8)48-28-36-37(38(39(42)49-36)51-53(11,12)40(5,6)7)50-41(31-16-14-13-15-17-31,32-18-22-34(45-9)23-19-32)33-20-24-35(46-10)25-21-33/h13-25,29-30,36-39H,26-28,42H2,1-7,9-12H3/t36-,37?,38+,39-,52?/m1/s1. The Morgan fingerprint density at radius 3 is 1.77 bits per heavy atom. The smallest absolute Gasteiger partial charge is 0.259 e. The SMILES string of the molecule is B[C@@H]1O[C@H](COP(OCC[N+]#[C-])N(C(C)C)C(C)C)C(OC(c2ccccc2)(c2ccc(OC)cc2)c2ccc(OC)cc2)[C@@H]1O[Si](C)(C)C(C)(C)C. The lowest BCUT2D eigenvalue weighted by Crippen LogP contribution is -2.52. The van der Waals surface area contributed by atoms with Crippen LogP contribution in [0.15, 0.2) is 78.9 Å². The van der Waals surface area contributed by atoms with E-state index in [1.165, 1.54) is 0 Å². The highest BCUT2D eigenvalue weighted by molar-refractivity contribution is 7.44. The first-order chi connectivity index (χ1) is 25.1. The van der Waals surface area contributed by atoms with Crippen molar-refractivity contribution in [2.75, 3.05) is 34.0 Å². The van der Waals surface area contributed by atoms with Crippen molar-refractivity contribution in [3.8, 4) is 11.5 Å². The Morgan fingerprint density at radius 1 is 0.811 bits per heavy atom. The fourth-order valence-corrected chi connectivity index (χ4v) is 9.51. The van der Waals surface area contributed by atoms with E-state index in [9.17, 15) is 0 Å². The Balaban J connectivity index is 1.90. The molecule has 0 saturated carbocycles. The third-order valence-corrected chi connectivity index (χ3v) is 16.8. The second-order valence-electron chi connectivity index (χ2n) is 15.6. The number of rotatable bonds is 18. The monoisotopic (exact) mass is 762 g/mol. The molecule has 288 valence electrons. The summed E-state index contributed by atoms with van der Waals surface area (Å²) in [6, 6.07) is 26.5. The molecule has 5 atom stereocenters. The van der Waals surface area contributed by atoms with Gasteiger partial charge in [-0.3, -0.25) is 0 Å². The number of nitrogens with zero attached hydrogens (tertiary/aromatic N) is 2. The van der Waals surface area contributed by atoms with Crippen molar-refractivity contribution in [3.63, 3.8) is 0 Å². The largest absolute Gasteiger partial charge is 0.497 e. The number of benzene rings is 3. The minimum Gasteiger partial charge on any atom is -0.497 e. The van der Waals surface area contributed by atoms with Crippen LogP contribution in [0.5, 0.6) is 11.5 Å². The first-order valence-corrected chi connectivity index (χ1v) is 22.7. The van der Waals surface area contributed by atoms with Gasteiger partial charge in [0.15, 0.2) is 8.32 Å². The Bertz CT molecular complexity index is 1540. The highest BCUT2D eigenvalue weighted by Crippen LogP contribution is 2.49. The minimum atomic E-state index is -2.33. The van der Waals surface area contributed by atoms with Gasteiger partial charge in [0.05, 0.1) is 32.9 Å². The van der Waals surface area contributed by atoms with E-state index >= 15 is 0 Å². The molecule has 0 N–H and O–H groups in total. The van der Waals surface area contributed by atoms with Crippen molar-refractivity contribution in [1.29, 1.82) is 0 Å². The lowest BCUT2D eigenvalue weighted by Gasteiger charge is -2.44. The van der Waals surface area contributed by atoms with Gasteiger partial charge in [0.25, 0.3) is 8.53 Å². The van der Waals surface area contributed by atoms with E-state index in [4.69, 9.17) is 39.0 Å². The quantitative estimate of drug-likeness (QED) is 0.0421. The first-order valence-electron chi connectivity index (χ1n) is 18.6. The summed E-state index contributed by atoms with van der Waals surface area (Å²) in [4.78, 5) is 3.52. The molecule has 0 amide bonds. The molecule has 1 aliphatic rings. The fraction of sp³-hybridized carbons (Fsp3) is 0.537. The van der Waals surface area contributed by atoms with E-state index in [2.05, 4.69) is 115 Å². The molecule has 1 saturated heterocycles. The molecule has 0 aromatic heterocycles. The van der Waals surface area contributed by atoms with E-state index in [1.54, 1.807) is 14.2 Å². The average molecular weight is 763 g/mol. The Labute approximate surface area is 321 Å². The van der Waals surface area contributed by atoms with Crippen LogP contribution in [0.2, 0.25) is 18.1 Å². The molecule has 3 aromatic carbocycles. The number of hydrogen-bond donors (Lipinski definition) is 0. The van der Waals surface area contributed by atoms with Crippen LogP contribution in [0.3, 0.4) is 0 Å². The lowest BCUT2D eigenvalue weighted by atomic mass is 9.79. The average Bonchev–Trinajstić information content (AvgIpc) is 3.41. The van der Waals surface area contributed by atoms with Crippen molar-refractivity contribution in [2.45, 2.75) is 109 Å². The Morgan fingerprint density at radius 2 is 1.32 bits per heavy atom. The van der Waals surface area contributed by atoms with Gasteiger partial charge in [-0.15, -0.1) is 0 Å². The molecule has 53 heavy (non-hydrogen) atoms. The molecule has 2 unspecified atom stereocenters. The summed E-state index contributed by atoms with van der Waals surface area (Å²) >= 11 is 0. The summed E-state index contributed by atoms with van der Waals surface area (Å²) in [6.07, 6.45) is -1.46. The van der Waals surface area contributed by atoms with Gasteiger partial charge in [0.1, 0.15) is 43.8 Å². The minimum absolute atomic E-state index is 0.0472. The van der Waals surface area contributed by atoms with E-state index in [0.717, 1.165) is 28.2 Å². The van der Waals surface area contributed by atoms with Crippen LogP contribution in [0, 0.1) is 6.57 Å². The Kier molecular flexibility index (Phi) is 15.2. The summed E-state index contributed by atoms with van der Waals surface area (Å²) < 4.78 is 48.4. The van der Waals surface area contributed by atoms with Crippen LogP contribution >= 0.6 is 8.53 Å². The Hall–Kier alpha value is -2.78. The normalized spacial score (nSPS) is 20.2. The number of methoxy groups -OCH3 is 2. The first kappa shape index (κ1) is 43.0. The van der Waals surface area contributed by atoms with Gasteiger partial charge in [-0.05, 0) is 86.8 Å². The molecule has 0 aliphatic carbocycles. The molecule has 3 aromatic rings. The maximum absolute atomic E-state index is 7.77. The molecule has 1 aliphatic heterocycles. The summed E-state index contributed by atoms with van der Waals surface area (Å²) in [5.41, 5.74) is 1.71. The maximum atomic E-state index is 7.77. The van der Waals surface area contributed by atoms with E-state index in [0.29, 0.717) is 0 Å². The van der Waals surface area contributed by atoms with E-state index in [1.807, 2.05) is 42.5 Å². The molecule has 0 spiro atoms. The highest BCUT2D eigenvalue weighted by atomic mass is 31.2. The molecule has 0 bridgehead atoms. The summed E-state index contributed by atoms with van der Waals surface area (Å²) in [5.74, 6) is 1.50. The third-order valence-electron chi connectivity index (χ3n) is 10.3. The van der Waals surface area contributed by atoms with E-state index < -0.39 is 40.8 Å². The number of ether oxygens (including phenoxy) is 4. The van der Waals surface area contributed by atoms with Gasteiger partial charge in [0, 0.05) is 12.1 Å². The molecule has 1 heterocycles. The van der Waals surface area contributed by atoms with Gasteiger partial charge in [0.2, 0.25) is 6.54 Å². The molecule has 4 rings (SSSR count). The number of hydrogen-bond acceptors (Lipinski definition) is 8. The molecular formula is C41H60BN2O7PSi. The van der Waals surface area contributed by atoms with Gasteiger partial charge in [-0.2, -0.15) is 0 Å². The third kappa shape index (κ3) is 10.1. The fourth-order valence-electron chi connectivity index (χ4n) is 6.54. The van der Waals surface area contributed by atoms with Crippen LogP contribution in [0.25, 0.3) is 4.85 Å². The van der Waals surface area contributed by atoms with Crippen molar-refractivity contribution in [1.82, 2.24) is 4.67 Å². The molecular weight excluding hydrogens is 702 g/mol. The van der Waals surface area contributed by atoms with Gasteiger partial charge >= 0.3 is 0 Å². The molecule has 9 nitrogen and oxygen atoms in total. The van der Waals surface area contributed by atoms with Gasteiger partial charge in [-0.1, -0.05) is 75.4 Å². The molecule has 12 heteroatoms. The van der Waals surface area contributed by atoms with E-state index in [-0.39, 0.29) is 42.9 Å². The summed E-state index contributed by atoms with van der Waals surface area (Å²) in [5, 5.41) is -0.0472. The zero-order valence-corrected chi connectivity index (χ0v) is 35.7. The molecule has 0 radical (unpaired) electrons. The van der Waals surface area contributed by atoms with Gasteiger partial charge in [-0.25, -0.2) is 11.2 Å². The van der Waals surface area contributed by atoms with Crippen molar-refractivity contribution in [3.05, 3.63) is 107 Å². The molecule has 1 fully saturated rings. The lowest BCUT2D eigenvalue weighted by molar-refractivity contribution is -0.109. The highest BCUT2D eigenvalue weighted by Gasteiger charge is 2.53. The van der Waals surface area contributed by atoms with Crippen LogP contribution in [-0.2, 0) is 28.5 Å². The van der Waals surface area contributed by atoms with Crippen molar-refractivity contribution < 1.29 is 32.4 Å². The predicted molar refractivity (Wildman–Crippen MR) is 219 cm³/mol. The zero-order valence-electron chi connectivity index (χ0n) is 33.8. The predicted octanol–water partition coefficient (Wildman–Crippen LogP) is 8.43. The second kappa shape index (κ2) is 18.7. The van der Waals surface area contributed by atoms with Crippen LogP contribution < -0.4 is 9.47 Å². The van der Waals surface area contributed by atoms with Gasteiger partial charge < -0.3 is 37.3 Å². The van der Waals surface area contributed by atoms with Crippen LogP contribution in [0.4, 0.5) is 0 Å². The van der Waals surface area contributed by atoms with Crippen molar-refractivity contribution in [2.24, 2.45) is 0 Å². The topological polar surface area (TPSA) is 72.2 Å².